The predicted molar refractivity (Wildman–Crippen MR) is 104 cm³/mol. The summed E-state index contributed by atoms with van der Waals surface area (Å²) >= 11 is 0. The van der Waals surface area contributed by atoms with Crippen LogP contribution in [-0.4, -0.2) is 16.1 Å². The van der Waals surface area contributed by atoms with Crippen molar-refractivity contribution in [3.05, 3.63) is 96.3 Å². The molecule has 0 aliphatic rings. The van der Waals surface area contributed by atoms with Crippen LogP contribution in [0.2, 0.25) is 0 Å². The van der Waals surface area contributed by atoms with E-state index in [1.54, 1.807) is 0 Å². The monoisotopic (exact) mass is 327 g/mol. The highest BCUT2D eigenvalue weighted by Crippen LogP contribution is 2.23. The largest absolute Gasteiger partial charge is 0.370 e. The molecule has 0 radical (unpaired) electrons. The zero-order valence-electron chi connectivity index (χ0n) is 14.1. The minimum atomic E-state index is 0.871. The molecule has 124 valence electrons. The van der Waals surface area contributed by atoms with Crippen molar-refractivity contribution in [2.24, 2.45) is 0 Å². The first kappa shape index (κ1) is 15.5. The van der Waals surface area contributed by atoms with E-state index in [1.807, 2.05) is 24.4 Å². The van der Waals surface area contributed by atoms with E-state index in [4.69, 9.17) is 0 Å². The van der Waals surface area contributed by atoms with Crippen LogP contribution in [0.3, 0.4) is 0 Å². The zero-order valence-corrected chi connectivity index (χ0v) is 14.1. The predicted octanol–water partition coefficient (Wildman–Crippen LogP) is 4.74. The van der Waals surface area contributed by atoms with Gasteiger partial charge in [-0.25, -0.2) is 4.98 Å². The number of benzene rings is 2. The summed E-state index contributed by atoms with van der Waals surface area (Å²) in [5.74, 6) is 0.926. The smallest absolute Gasteiger partial charge is 0.125 e. The lowest BCUT2D eigenvalue weighted by molar-refractivity contribution is 0.829. The molecular weight excluding hydrogens is 306 g/mol. The van der Waals surface area contributed by atoms with Crippen molar-refractivity contribution in [1.82, 2.24) is 9.55 Å². The Hall–Kier alpha value is -3.07. The Morgan fingerprint density at radius 1 is 0.840 bits per heavy atom. The van der Waals surface area contributed by atoms with E-state index >= 15 is 0 Å². The molecule has 0 atom stereocenters. The molecule has 0 spiro atoms. The van der Waals surface area contributed by atoms with Gasteiger partial charge in [-0.05, 0) is 35.7 Å². The Kier molecular flexibility index (Phi) is 4.46. The second-order valence-electron chi connectivity index (χ2n) is 6.18. The molecule has 2 aromatic heterocycles. The van der Waals surface area contributed by atoms with Gasteiger partial charge in [0.2, 0.25) is 0 Å². The van der Waals surface area contributed by atoms with E-state index in [9.17, 15) is 0 Å². The topological polar surface area (TPSA) is 29.9 Å². The van der Waals surface area contributed by atoms with Crippen molar-refractivity contribution < 1.29 is 0 Å². The second-order valence-corrected chi connectivity index (χ2v) is 6.18. The van der Waals surface area contributed by atoms with Gasteiger partial charge in [0.25, 0.3) is 0 Å². The van der Waals surface area contributed by atoms with E-state index in [2.05, 4.69) is 75.7 Å². The van der Waals surface area contributed by atoms with Crippen LogP contribution in [0.5, 0.6) is 0 Å². The third-order valence-corrected chi connectivity index (χ3v) is 4.43. The van der Waals surface area contributed by atoms with Crippen LogP contribution in [0.1, 0.15) is 11.1 Å². The number of rotatable bonds is 6. The fourth-order valence-corrected chi connectivity index (χ4v) is 3.23. The van der Waals surface area contributed by atoms with Gasteiger partial charge in [0.1, 0.15) is 5.82 Å². The van der Waals surface area contributed by atoms with Crippen molar-refractivity contribution in [2.45, 2.75) is 13.0 Å². The van der Waals surface area contributed by atoms with Gasteiger partial charge in [0, 0.05) is 36.4 Å². The van der Waals surface area contributed by atoms with E-state index in [-0.39, 0.29) is 0 Å². The van der Waals surface area contributed by atoms with E-state index in [1.165, 1.54) is 22.0 Å². The molecule has 1 N–H and O–H groups in total. The van der Waals surface area contributed by atoms with Crippen LogP contribution in [0.15, 0.2) is 85.2 Å². The van der Waals surface area contributed by atoms with Crippen molar-refractivity contribution >= 4 is 16.7 Å². The third-order valence-electron chi connectivity index (χ3n) is 4.43. The average Bonchev–Trinajstić information content (AvgIpc) is 3.01. The minimum Gasteiger partial charge on any atom is -0.370 e. The van der Waals surface area contributed by atoms with Crippen LogP contribution in [0, 0.1) is 0 Å². The van der Waals surface area contributed by atoms with Gasteiger partial charge in [0.05, 0.1) is 0 Å². The van der Waals surface area contributed by atoms with Gasteiger partial charge < -0.3 is 9.88 Å². The molecule has 2 heterocycles. The number of nitrogens with one attached hydrogen (secondary N) is 1. The molecule has 0 aliphatic heterocycles. The quantitative estimate of drug-likeness (QED) is 0.554. The first-order valence-corrected chi connectivity index (χ1v) is 8.66. The summed E-state index contributed by atoms with van der Waals surface area (Å²) in [5, 5.41) is 4.73. The maximum absolute atomic E-state index is 4.32. The fraction of sp³-hybridized carbons (Fsp3) is 0.136. The molecule has 0 saturated carbocycles. The fourth-order valence-electron chi connectivity index (χ4n) is 3.23. The summed E-state index contributed by atoms with van der Waals surface area (Å²) in [6.07, 6.45) is 5.07. The van der Waals surface area contributed by atoms with Crippen molar-refractivity contribution in [3.8, 4) is 0 Å². The van der Waals surface area contributed by atoms with Crippen LogP contribution >= 0.6 is 0 Å². The lowest BCUT2D eigenvalue weighted by Crippen LogP contribution is -2.05. The first-order valence-electron chi connectivity index (χ1n) is 8.66. The van der Waals surface area contributed by atoms with Crippen molar-refractivity contribution in [1.29, 1.82) is 0 Å². The minimum absolute atomic E-state index is 0.871. The molecule has 3 nitrogen and oxygen atoms in total. The maximum atomic E-state index is 4.32. The molecule has 4 aromatic rings. The van der Waals surface area contributed by atoms with Gasteiger partial charge >= 0.3 is 0 Å². The molecule has 0 bridgehead atoms. The first-order chi connectivity index (χ1) is 12.4. The summed E-state index contributed by atoms with van der Waals surface area (Å²) in [6.45, 7) is 1.77. The van der Waals surface area contributed by atoms with Gasteiger partial charge in [0.15, 0.2) is 0 Å². The standard InChI is InChI=1S/C22H21N3/c1-2-8-18(9-3-1)16-25-17-19(20-10-4-5-11-21(20)25)13-15-24-22-12-6-7-14-23-22/h1-12,14,17H,13,15-16H2,(H,23,24). The molecule has 0 aliphatic carbocycles. The number of anilines is 1. The number of nitrogens with zero attached hydrogens (tertiary/aromatic N) is 2. The lowest BCUT2D eigenvalue weighted by atomic mass is 10.1. The molecule has 4 rings (SSSR count). The highest BCUT2D eigenvalue weighted by Gasteiger charge is 2.08. The Balaban J connectivity index is 1.54. The number of hydrogen-bond donors (Lipinski definition) is 1. The molecule has 0 amide bonds. The lowest BCUT2D eigenvalue weighted by Gasteiger charge is -2.05. The Morgan fingerprint density at radius 3 is 2.48 bits per heavy atom. The molecule has 0 unspecified atom stereocenters. The SMILES string of the molecule is c1ccc(Cn2cc(CCNc3ccccn3)c3ccccc32)cc1. The summed E-state index contributed by atoms with van der Waals surface area (Å²) < 4.78 is 2.35. The summed E-state index contributed by atoms with van der Waals surface area (Å²) in [7, 11) is 0. The number of aromatic nitrogens is 2. The van der Waals surface area contributed by atoms with Crippen LogP contribution in [0.4, 0.5) is 5.82 Å². The van der Waals surface area contributed by atoms with E-state index < -0.39 is 0 Å². The number of para-hydroxylation sites is 1. The summed E-state index contributed by atoms with van der Waals surface area (Å²) in [6, 6.07) is 25.2. The van der Waals surface area contributed by atoms with Crippen LogP contribution in [-0.2, 0) is 13.0 Å². The second kappa shape index (κ2) is 7.22. The van der Waals surface area contributed by atoms with Crippen molar-refractivity contribution in [3.63, 3.8) is 0 Å². The normalized spacial score (nSPS) is 10.9. The van der Waals surface area contributed by atoms with Crippen LogP contribution < -0.4 is 5.32 Å². The van der Waals surface area contributed by atoms with Gasteiger partial charge in [-0.15, -0.1) is 0 Å². The molecular formula is C22H21N3. The zero-order chi connectivity index (χ0) is 16.9. The Bertz CT molecular complexity index is 943. The summed E-state index contributed by atoms with van der Waals surface area (Å²) in [4.78, 5) is 4.32. The molecule has 25 heavy (non-hydrogen) atoms. The Labute approximate surface area is 148 Å². The van der Waals surface area contributed by atoms with E-state index in [0.29, 0.717) is 0 Å². The highest BCUT2D eigenvalue weighted by molar-refractivity contribution is 5.84. The molecule has 0 fully saturated rings. The third kappa shape index (κ3) is 3.56. The number of pyridine rings is 1. The highest BCUT2D eigenvalue weighted by atomic mass is 15.0. The summed E-state index contributed by atoms with van der Waals surface area (Å²) in [5.41, 5.74) is 3.98. The van der Waals surface area contributed by atoms with Crippen molar-refractivity contribution in [2.75, 3.05) is 11.9 Å². The number of hydrogen-bond acceptors (Lipinski definition) is 2. The Morgan fingerprint density at radius 2 is 1.64 bits per heavy atom. The van der Waals surface area contributed by atoms with Gasteiger partial charge in [-0.3, -0.25) is 0 Å². The number of fused-ring (bicyclic) bond motifs is 1. The van der Waals surface area contributed by atoms with Gasteiger partial charge in [-0.1, -0.05) is 54.6 Å². The molecule has 0 saturated heterocycles. The van der Waals surface area contributed by atoms with Gasteiger partial charge in [-0.2, -0.15) is 0 Å². The van der Waals surface area contributed by atoms with Crippen LogP contribution in [0.25, 0.3) is 10.9 Å². The van der Waals surface area contributed by atoms with E-state index in [0.717, 1.165) is 25.3 Å². The molecule has 2 aromatic carbocycles. The average molecular weight is 327 g/mol. The molecule has 3 heteroatoms. The maximum Gasteiger partial charge on any atom is 0.125 e.